The second-order valence-corrected chi connectivity index (χ2v) is 9.13. The number of phenols is 1. The summed E-state index contributed by atoms with van der Waals surface area (Å²) in [6.07, 6.45) is -10.7. The first-order valence-corrected chi connectivity index (χ1v) is 11.6. The summed E-state index contributed by atoms with van der Waals surface area (Å²) in [5.74, 6) is -4.65. The Labute approximate surface area is 232 Å². The lowest BCUT2D eigenvalue weighted by Gasteiger charge is -2.21. The number of rotatable bonds is 5. The van der Waals surface area contributed by atoms with Crippen LogP contribution in [0.2, 0.25) is 0 Å². The second-order valence-electron chi connectivity index (χ2n) is 9.13. The monoisotopic (exact) mass is 592 g/mol. The molecule has 0 unspecified atom stereocenters. The third kappa shape index (κ3) is 5.50. The van der Waals surface area contributed by atoms with Crippen LogP contribution in [-0.2, 0) is 12.4 Å². The first-order valence-electron chi connectivity index (χ1n) is 11.6. The molecule has 0 fully saturated rings. The van der Waals surface area contributed by atoms with Crippen molar-refractivity contribution in [2.75, 3.05) is 11.5 Å². The first-order chi connectivity index (χ1) is 19.4. The molecule has 0 saturated heterocycles. The molecule has 0 aliphatic heterocycles. The zero-order valence-electron chi connectivity index (χ0n) is 21.0. The van der Waals surface area contributed by atoms with Crippen LogP contribution in [-0.4, -0.2) is 16.9 Å². The van der Waals surface area contributed by atoms with Gasteiger partial charge in [0.25, 0.3) is 0 Å². The van der Waals surface area contributed by atoms with Gasteiger partial charge >= 0.3 is 12.4 Å². The van der Waals surface area contributed by atoms with Crippen molar-refractivity contribution < 1.29 is 45.4 Å². The van der Waals surface area contributed by atoms with Crippen LogP contribution in [0.3, 0.4) is 0 Å². The van der Waals surface area contributed by atoms with E-state index in [1.54, 1.807) is 0 Å². The number of alkyl halides is 6. The summed E-state index contributed by atoms with van der Waals surface area (Å²) in [4.78, 5) is 23.8. The highest BCUT2D eigenvalue weighted by atomic mass is 19.4. The van der Waals surface area contributed by atoms with Crippen LogP contribution in [0.15, 0.2) is 60.7 Å². The maximum atomic E-state index is 15.5. The SMILES string of the molecule is NC(=O)c1ccc(N)cc1-c1cc(C(F)(F)F)c(-c2cc(F)c(-c3cc(N)ccc3C(N)=O)cc2C(F)(F)F)cc1O. The van der Waals surface area contributed by atoms with Crippen molar-refractivity contribution in [1.29, 1.82) is 0 Å². The molecular formula is C28H19F7N4O3. The summed E-state index contributed by atoms with van der Waals surface area (Å²) < 4.78 is 101. The molecule has 0 atom stereocenters. The zero-order chi connectivity index (χ0) is 31.3. The van der Waals surface area contributed by atoms with Gasteiger partial charge in [-0.05, 0) is 77.4 Å². The Kier molecular flexibility index (Phi) is 7.27. The van der Waals surface area contributed by atoms with Crippen LogP contribution in [0, 0.1) is 5.82 Å². The Balaban J connectivity index is 2.08. The molecule has 0 bridgehead atoms. The molecule has 4 aromatic carbocycles. The van der Waals surface area contributed by atoms with E-state index in [1.165, 1.54) is 12.1 Å². The van der Waals surface area contributed by atoms with Gasteiger partial charge in [0.15, 0.2) is 0 Å². The molecule has 42 heavy (non-hydrogen) atoms. The number of phenolic OH excluding ortho intramolecular Hbond substituents is 1. The number of carbonyl (C=O) groups excluding carboxylic acids is 2. The number of nitrogens with two attached hydrogens (primary N) is 4. The van der Waals surface area contributed by atoms with Crippen LogP contribution < -0.4 is 22.9 Å². The number of nitrogen functional groups attached to an aromatic ring is 2. The fourth-order valence-corrected chi connectivity index (χ4v) is 4.50. The number of carbonyl (C=O) groups is 2. The predicted octanol–water partition coefficient (Wildman–Crippen LogP) is 5.93. The van der Waals surface area contributed by atoms with Crippen molar-refractivity contribution in [2.24, 2.45) is 11.5 Å². The topological polar surface area (TPSA) is 158 Å². The lowest BCUT2D eigenvalue weighted by Crippen LogP contribution is -2.15. The number of halogens is 7. The minimum absolute atomic E-state index is 0.0269. The van der Waals surface area contributed by atoms with Gasteiger partial charge in [0, 0.05) is 39.2 Å². The standard InChI is InChI=1S/C28H19F7N4O3/c29-23-9-17(21(27(30,31)32)7-19(23)15-5-11(36)1-3-13(15)25(38)41)18-10-24(40)20(8-22(18)28(33,34)35)16-6-12(37)2-4-14(16)26(39)42/h1-10,40H,36-37H2,(H2,38,41)(H2,39,42). The molecule has 0 radical (unpaired) electrons. The first kappa shape index (κ1) is 29.7. The molecule has 4 aromatic rings. The van der Waals surface area contributed by atoms with E-state index in [9.17, 15) is 41.0 Å². The highest BCUT2D eigenvalue weighted by molar-refractivity contribution is 6.02. The summed E-state index contributed by atoms with van der Waals surface area (Å²) in [6.45, 7) is 0. The maximum Gasteiger partial charge on any atom is 0.417 e. The summed E-state index contributed by atoms with van der Waals surface area (Å²) in [5, 5.41) is 10.7. The van der Waals surface area contributed by atoms with Crippen LogP contribution in [0.5, 0.6) is 5.75 Å². The fraction of sp³-hybridized carbons (Fsp3) is 0.0714. The Morgan fingerprint density at radius 3 is 1.40 bits per heavy atom. The molecule has 0 aliphatic rings. The van der Waals surface area contributed by atoms with Crippen molar-refractivity contribution in [1.82, 2.24) is 0 Å². The number of amides is 2. The molecule has 218 valence electrons. The van der Waals surface area contributed by atoms with Gasteiger partial charge in [-0.3, -0.25) is 9.59 Å². The molecule has 0 spiro atoms. The fourth-order valence-electron chi connectivity index (χ4n) is 4.50. The minimum Gasteiger partial charge on any atom is -0.507 e. The maximum absolute atomic E-state index is 15.5. The van der Waals surface area contributed by atoms with Gasteiger partial charge in [0.2, 0.25) is 11.8 Å². The van der Waals surface area contributed by atoms with E-state index >= 15 is 4.39 Å². The summed E-state index contributed by atoms with van der Waals surface area (Å²) >= 11 is 0. The van der Waals surface area contributed by atoms with Crippen LogP contribution in [0.1, 0.15) is 31.8 Å². The average molecular weight is 592 g/mol. The zero-order valence-corrected chi connectivity index (χ0v) is 21.0. The Hall–Kier alpha value is -5.27. The van der Waals surface area contributed by atoms with Crippen molar-refractivity contribution in [3.63, 3.8) is 0 Å². The molecule has 9 N–H and O–H groups in total. The normalized spacial score (nSPS) is 11.9. The third-order valence-electron chi connectivity index (χ3n) is 6.34. The summed E-state index contributed by atoms with van der Waals surface area (Å²) in [5.41, 5.74) is 13.0. The predicted molar refractivity (Wildman–Crippen MR) is 140 cm³/mol. The molecular weight excluding hydrogens is 573 g/mol. The quantitative estimate of drug-likeness (QED) is 0.143. The van der Waals surface area contributed by atoms with Crippen molar-refractivity contribution in [3.05, 3.63) is 88.7 Å². The smallest absolute Gasteiger partial charge is 0.417 e. The Bertz CT molecular complexity index is 1640. The van der Waals surface area contributed by atoms with Crippen molar-refractivity contribution in [3.8, 4) is 39.1 Å². The van der Waals surface area contributed by atoms with Gasteiger partial charge < -0.3 is 28.0 Å². The Morgan fingerprint density at radius 2 is 0.976 bits per heavy atom. The molecule has 4 rings (SSSR count). The average Bonchev–Trinajstić information content (AvgIpc) is 2.86. The van der Waals surface area contributed by atoms with Gasteiger partial charge in [-0.25, -0.2) is 4.39 Å². The number of benzene rings is 4. The van der Waals surface area contributed by atoms with Crippen molar-refractivity contribution >= 4 is 23.2 Å². The largest absolute Gasteiger partial charge is 0.507 e. The van der Waals surface area contributed by atoms with E-state index < -0.39 is 80.2 Å². The highest BCUT2D eigenvalue weighted by Gasteiger charge is 2.40. The molecule has 2 amide bonds. The molecule has 0 heterocycles. The Morgan fingerprint density at radius 1 is 0.571 bits per heavy atom. The molecule has 0 saturated carbocycles. The van der Waals surface area contributed by atoms with Gasteiger partial charge in [0.05, 0.1) is 11.1 Å². The van der Waals surface area contributed by atoms with Gasteiger partial charge in [-0.1, -0.05) is 0 Å². The number of aromatic hydroxyl groups is 1. The van der Waals surface area contributed by atoms with E-state index in [4.69, 9.17) is 22.9 Å². The van der Waals surface area contributed by atoms with E-state index in [0.29, 0.717) is 12.1 Å². The van der Waals surface area contributed by atoms with Gasteiger partial charge in [-0.2, -0.15) is 26.3 Å². The van der Waals surface area contributed by atoms with Gasteiger partial charge in [0.1, 0.15) is 11.6 Å². The molecule has 0 aromatic heterocycles. The van der Waals surface area contributed by atoms with Crippen LogP contribution in [0.4, 0.5) is 42.1 Å². The number of hydrogen-bond donors (Lipinski definition) is 5. The minimum atomic E-state index is -5.35. The van der Waals surface area contributed by atoms with E-state index in [1.807, 2.05) is 0 Å². The van der Waals surface area contributed by atoms with E-state index in [0.717, 1.165) is 24.3 Å². The van der Waals surface area contributed by atoms with E-state index in [-0.39, 0.29) is 34.6 Å². The van der Waals surface area contributed by atoms with E-state index in [2.05, 4.69) is 0 Å². The molecule has 0 aliphatic carbocycles. The number of anilines is 2. The summed E-state index contributed by atoms with van der Waals surface area (Å²) in [7, 11) is 0. The summed E-state index contributed by atoms with van der Waals surface area (Å²) in [6, 6.07) is 7.71. The molecule has 14 heteroatoms. The van der Waals surface area contributed by atoms with Crippen molar-refractivity contribution in [2.45, 2.75) is 12.4 Å². The van der Waals surface area contributed by atoms with Crippen LogP contribution in [0.25, 0.3) is 33.4 Å². The molecule has 7 nitrogen and oxygen atoms in total. The second kappa shape index (κ2) is 10.3. The van der Waals surface area contributed by atoms with Gasteiger partial charge in [-0.15, -0.1) is 0 Å². The number of hydrogen-bond acceptors (Lipinski definition) is 5. The third-order valence-corrected chi connectivity index (χ3v) is 6.34. The van der Waals surface area contributed by atoms with Crippen LogP contribution >= 0.6 is 0 Å². The lowest BCUT2D eigenvalue weighted by atomic mass is 9.87. The highest BCUT2D eigenvalue weighted by Crippen LogP contribution is 2.48. The lowest BCUT2D eigenvalue weighted by molar-refractivity contribution is -0.139. The number of primary amides is 2.